The van der Waals surface area contributed by atoms with Gasteiger partial charge in [0.2, 0.25) is 11.8 Å². The minimum absolute atomic E-state index is 0.0751. The van der Waals surface area contributed by atoms with Crippen LogP contribution < -0.4 is 10.1 Å². The van der Waals surface area contributed by atoms with E-state index in [1.54, 1.807) is 18.2 Å². The largest absolute Gasteiger partial charge is 0.485 e. The molecule has 1 aromatic rings. The van der Waals surface area contributed by atoms with Gasteiger partial charge in [0.15, 0.2) is 5.78 Å². The number of hydrogen-bond acceptors (Lipinski definition) is 9. The van der Waals surface area contributed by atoms with Gasteiger partial charge in [-0.05, 0) is 31.4 Å². The Hall–Kier alpha value is -2.86. The highest BCUT2D eigenvalue weighted by Crippen LogP contribution is 2.33. The summed E-state index contributed by atoms with van der Waals surface area (Å²) in [5.74, 6) is -0.705. The van der Waals surface area contributed by atoms with Crippen LogP contribution in [0.1, 0.15) is 54.9 Å². The fourth-order valence-electron chi connectivity index (χ4n) is 4.20. The maximum absolute atomic E-state index is 12.9. The van der Waals surface area contributed by atoms with E-state index < -0.39 is 11.9 Å². The number of carbonyl (C=O) groups excluding carboxylic acids is 4. The van der Waals surface area contributed by atoms with Crippen molar-refractivity contribution >= 4 is 23.5 Å². The second-order valence-corrected chi connectivity index (χ2v) is 9.06. The molecule has 0 aromatic heterocycles. The van der Waals surface area contributed by atoms with E-state index in [-0.39, 0.29) is 43.6 Å². The topological polar surface area (TPSA) is 130 Å². The Bertz CT molecular complexity index is 952. The molecule has 210 valence electrons. The molecule has 0 radical (unpaired) electrons. The molecule has 3 rings (SSSR count). The van der Waals surface area contributed by atoms with E-state index in [2.05, 4.69) is 12.2 Å². The Morgan fingerprint density at radius 3 is 2.26 bits per heavy atom. The standard InChI is InChI=1S/C27H38N2O9/c1-2-10-34-12-14-36-16-17-37-15-13-35-11-4-5-20(30)19-38-24-7-3-6-21-22(24)18-29(27(21)33)23-8-9-25(31)28-26(23)32/h3,6-7,23H,2,4-5,8-19H2,1H3,(H,28,31,32). The van der Waals surface area contributed by atoms with Crippen LogP contribution in [0.25, 0.3) is 0 Å². The van der Waals surface area contributed by atoms with Gasteiger partial charge in [0.1, 0.15) is 18.4 Å². The molecule has 1 unspecified atom stereocenters. The molecule has 1 saturated heterocycles. The van der Waals surface area contributed by atoms with Crippen LogP contribution >= 0.6 is 0 Å². The third kappa shape index (κ3) is 9.16. The van der Waals surface area contributed by atoms with Crippen LogP contribution in [0.4, 0.5) is 0 Å². The Morgan fingerprint density at radius 2 is 1.61 bits per heavy atom. The van der Waals surface area contributed by atoms with Crippen LogP contribution in [0.15, 0.2) is 18.2 Å². The lowest BCUT2D eigenvalue weighted by Crippen LogP contribution is -2.52. The number of hydrogen-bond donors (Lipinski definition) is 1. The van der Waals surface area contributed by atoms with Gasteiger partial charge in [-0.15, -0.1) is 0 Å². The van der Waals surface area contributed by atoms with Gasteiger partial charge < -0.3 is 28.6 Å². The molecule has 11 nitrogen and oxygen atoms in total. The number of ether oxygens (including phenoxy) is 5. The number of nitrogens with zero attached hydrogens (tertiary/aromatic N) is 1. The van der Waals surface area contributed by atoms with E-state index in [4.69, 9.17) is 23.7 Å². The molecule has 2 aliphatic heterocycles. The molecular formula is C27H38N2O9. The molecule has 1 atom stereocenters. The van der Waals surface area contributed by atoms with Crippen molar-refractivity contribution in [3.63, 3.8) is 0 Å². The third-order valence-electron chi connectivity index (χ3n) is 6.14. The van der Waals surface area contributed by atoms with Gasteiger partial charge >= 0.3 is 0 Å². The molecule has 1 N–H and O–H groups in total. The number of fused-ring (bicyclic) bond motifs is 1. The van der Waals surface area contributed by atoms with E-state index in [1.807, 2.05) is 0 Å². The summed E-state index contributed by atoms with van der Waals surface area (Å²) in [5, 5.41) is 2.29. The van der Waals surface area contributed by atoms with Crippen molar-refractivity contribution in [2.45, 2.75) is 51.6 Å². The molecular weight excluding hydrogens is 496 g/mol. The molecule has 0 saturated carbocycles. The van der Waals surface area contributed by atoms with Gasteiger partial charge in [-0.1, -0.05) is 13.0 Å². The second kappa shape index (κ2) is 16.2. The number of carbonyl (C=O) groups is 4. The first kappa shape index (κ1) is 29.7. The van der Waals surface area contributed by atoms with E-state index in [0.29, 0.717) is 76.0 Å². The van der Waals surface area contributed by atoms with Gasteiger partial charge in [-0.3, -0.25) is 24.5 Å². The van der Waals surface area contributed by atoms with Crippen LogP contribution in [0.3, 0.4) is 0 Å². The van der Waals surface area contributed by atoms with Gasteiger partial charge in [0, 0.05) is 37.2 Å². The zero-order chi connectivity index (χ0) is 27.2. The van der Waals surface area contributed by atoms with E-state index >= 15 is 0 Å². The predicted octanol–water partition coefficient (Wildman–Crippen LogP) is 1.65. The fourth-order valence-corrected chi connectivity index (χ4v) is 4.20. The van der Waals surface area contributed by atoms with Gasteiger partial charge in [0.05, 0.1) is 46.2 Å². The maximum atomic E-state index is 12.9. The maximum Gasteiger partial charge on any atom is 0.255 e. The summed E-state index contributed by atoms with van der Waals surface area (Å²) in [6.45, 7) is 6.39. The summed E-state index contributed by atoms with van der Waals surface area (Å²) < 4.78 is 27.4. The smallest absolute Gasteiger partial charge is 0.255 e. The summed E-state index contributed by atoms with van der Waals surface area (Å²) in [6.07, 6.45) is 2.35. The molecule has 38 heavy (non-hydrogen) atoms. The first-order chi connectivity index (χ1) is 18.5. The zero-order valence-electron chi connectivity index (χ0n) is 22.0. The summed E-state index contributed by atoms with van der Waals surface area (Å²) in [5.41, 5.74) is 1.09. The van der Waals surface area contributed by atoms with Gasteiger partial charge in [-0.25, -0.2) is 0 Å². The van der Waals surface area contributed by atoms with Gasteiger partial charge in [-0.2, -0.15) is 0 Å². The van der Waals surface area contributed by atoms with Crippen molar-refractivity contribution in [1.82, 2.24) is 10.2 Å². The number of Topliss-reactive ketones (excluding diaryl/α,β-unsaturated/α-hetero) is 1. The molecule has 1 aromatic carbocycles. The second-order valence-electron chi connectivity index (χ2n) is 9.06. The Morgan fingerprint density at radius 1 is 0.947 bits per heavy atom. The normalized spacial score (nSPS) is 17.0. The molecule has 2 aliphatic rings. The molecule has 11 heteroatoms. The average Bonchev–Trinajstić information content (AvgIpc) is 3.24. The van der Waals surface area contributed by atoms with Crippen molar-refractivity contribution in [2.24, 2.45) is 0 Å². The summed E-state index contributed by atoms with van der Waals surface area (Å²) in [7, 11) is 0. The Labute approximate surface area is 223 Å². The minimum atomic E-state index is -0.698. The number of piperidine rings is 1. The first-order valence-corrected chi connectivity index (χ1v) is 13.2. The number of imide groups is 1. The number of nitrogens with one attached hydrogen (secondary N) is 1. The summed E-state index contributed by atoms with van der Waals surface area (Å²) >= 11 is 0. The van der Waals surface area contributed by atoms with Crippen LogP contribution in [-0.4, -0.2) is 93.9 Å². The Balaban J connectivity index is 1.27. The van der Waals surface area contributed by atoms with Crippen LogP contribution in [0.2, 0.25) is 0 Å². The number of rotatable bonds is 19. The van der Waals surface area contributed by atoms with Crippen LogP contribution in [0, 0.1) is 0 Å². The monoisotopic (exact) mass is 534 g/mol. The lowest BCUT2D eigenvalue weighted by molar-refractivity contribution is -0.137. The van der Waals surface area contributed by atoms with Crippen LogP contribution in [0.5, 0.6) is 5.75 Å². The highest BCUT2D eigenvalue weighted by molar-refractivity contribution is 6.05. The van der Waals surface area contributed by atoms with Crippen molar-refractivity contribution in [3.8, 4) is 5.75 Å². The molecule has 1 fully saturated rings. The summed E-state index contributed by atoms with van der Waals surface area (Å²) in [4.78, 5) is 50.3. The van der Waals surface area contributed by atoms with E-state index in [0.717, 1.165) is 13.0 Å². The predicted molar refractivity (Wildman–Crippen MR) is 136 cm³/mol. The lowest BCUT2D eigenvalue weighted by atomic mass is 10.0. The summed E-state index contributed by atoms with van der Waals surface area (Å²) in [6, 6.07) is 4.38. The quantitative estimate of drug-likeness (QED) is 0.208. The highest BCUT2D eigenvalue weighted by atomic mass is 16.6. The van der Waals surface area contributed by atoms with E-state index in [9.17, 15) is 19.2 Å². The number of amides is 3. The van der Waals surface area contributed by atoms with Crippen molar-refractivity contribution in [3.05, 3.63) is 29.3 Å². The highest BCUT2D eigenvalue weighted by Gasteiger charge is 2.40. The number of ketones is 1. The van der Waals surface area contributed by atoms with E-state index in [1.165, 1.54) is 4.90 Å². The zero-order valence-corrected chi connectivity index (χ0v) is 22.0. The fraction of sp³-hybridized carbons (Fsp3) is 0.630. The first-order valence-electron chi connectivity index (χ1n) is 13.2. The molecule has 3 amide bonds. The van der Waals surface area contributed by atoms with Crippen molar-refractivity contribution in [1.29, 1.82) is 0 Å². The molecule has 0 spiro atoms. The number of benzene rings is 1. The molecule has 2 heterocycles. The van der Waals surface area contributed by atoms with Gasteiger partial charge in [0.25, 0.3) is 5.91 Å². The van der Waals surface area contributed by atoms with Crippen molar-refractivity contribution in [2.75, 3.05) is 59.5 Å². The van der Waals surface area contributed by atoms with Crippen LogP contribution in [-0.2, 0) is 39.9 Å². The van der Waals surface area contributed by atoms with Crippen molar-refractivity contribution < 1.29 is 42.9 Å². The third-order valence-corrected chi connectivity index (χ3v) is 6.14. The minimum Gasteiger partial charge on any atom is -0.485 e. The molecule has 0 aliphatic carbocycles. The average molecular weight is 535 g/mol. The SMILES string of the molecule is CCCOCCOCCOCCOCCCC(=O)COc1cccc2c1CN(C1CCC(=O)NC1=O)C2=O. The Kier molecular flexibility index (Phi) is 12.6. The lowest BCUT2D eigenvalue weighted by Gasteiger charge is -2.29. The molecule has 0 bridgehead atoms.